The minimum absolute atomic E-state index is 0.0567. The Bertz CT molecular complexity index is 923. The zero-order valence-electron chi connectivity index (χ0n) is 36.1. The molecule has 0 saturated carbocycles. The zero-order chi connectivity index (χ0) is 42.6. The van der Waals surface area contributed by atoms with Crippen molar-refractivity contribution in [3.63, 3.8) is 0 Å². The van der Waals surface area contributed by atoms with Crippen molar-refractivity contribution in [2.24, 2.45) is 17.6 Å². The molecule has 0 spiro atoms. The van der Waals surface area contributed by atoms with Gasteiger partial charge in [-0.15, -0.1) is 0 Å². The van der Waals surface area contributed by atoms with Gasteiger partial charge < -0.3 is 73.2 Å². The van der Waals surface area contributed by atoms with Gasteiger partial charge in [0.05, 0.1) is 151 Å². The van der Waals surface area contributed by atoms with Crippen molar-refractivity contribution in [3.8, 4) is 0 Å². The molecule has 0 aromatic heterocycles. The lowest BCUT2D eigenvalue weighted by atomic mass is 9.97. The molecule has 2 amide bonds. The van der Waals surface area contributed by atoms with E-state index in [0.29, 0.717) is 184 Å². The van der Waals surface area contributed by atoms with Gasteiger partial charge in [-0.3, -0.25) is 14.4 Å². The molecular weight excluding hydrogens is 762 g/mol. The van der Waals surface area contributed by atoms with E-state index in [2.05, 4.69) is 24.5 Å². The number of hydrogen-bond acceptors (Lipinski definition) is 16. The third kappa shape index (κ3) is 42.2. The first-order valence-corrected chi connectivity index (χ1v) is 20.9. The maximum absolute atomic E-state index is 12.4. The summed E-state index contributed by atoms with van der Waals surface area (Å²) in [7, 11) is 1.64. The molecule has 4 N–H and O–H groups in total. The molecule has 0 fully saturated rings. The summed E-state index contributed by atoms with van der Waals surface area (Å²) in [6, 6.07) is -0.610. The molecule has 0 aromatic carbocycles. The Kier molecular flexibility index (Phi) is 43.2. The monoisotopic (exact) mass is 842 g/mol. The van der Waals surface area contributed by atoms with E-state index in [4.69, 9.17) is 62.6 Å². The number of hydrogen-bond donors (Lipinski definition) is 3. The molecule has 18 nitrogen and oxygen atoms in total. The van der Waals surface area contributed by atoms with Crippen molar-refractivity contribution >= 4 is 17.6 Å². The average molecular weight is 842 g/mol. The average Bonchev–Trinajstić information content (AvgIpc) is 3.20. The van der Waals surface area contributed by atoms with Crippen LogP contribution in [0.3, 0.4) is 0 Å². The summed E-state index contributed by atoms with van der Waals surface area (Å²) in [5.41, 5.74) is 6.03. The highest BCUT2D eigenvalue weighted by Gasteiger charge is 2.21. The number of unbranched alkanes of at least 4 members (excludes halogenated alkanes) is 1. The maximum atomic E-state index is 12.4. The van der Waals surface area contributed by atoms with E-state index in [1.54, 1.807) is 14.0 Å². The summed E-state index contributed by atoms with van der Waals surface area (Å²) < 4.78 is 64.7. The molecule has 0 aliphatic rings. The van der Waals surface area contributed by atoms with Crippen molar-refractivity contribution in [1.29, 1.82) is 0 Å². The second-order valence-electron chi connectivity index (χ2n) is 13.7. The van der Waals surface area contributed by atoms with Gasteiger partial charge in [-0.2, -0.15) is 0 Å². The first-order chi connectivity index (χ1) is 28.3. The van der Waals surface area contributed by atoms with E-state index in [1.807, 2.05) is 0 Å². The largest absolute Gasteiger partial charge is 0.382 e. The van der Waals surface area contributed by atoms with E-state index in [9.17, 15) is 14.4 Å². The van der Waals surface area contributed by atoms with Crippen LogP contribution in [0.1, 0.15) is 52.9 Å². The van der Waals surface area contributed by atoms with Crippen LogP contribution < -0.4 is 16.4 Å². The molecule has 0 aromatic rings. The fourth-order valence-corrected chi connectivity index (χ4v) is 4.64. The molecular formula is C40H79N3O15. The molecule has 0 rings (SSSR count). The number of nitrogens with one attached hydrogen (secondary N) is 2. The van der Waals surface area contributed by atoms with Crippen LogP contribution in [0.4, 0.5) is 0 Å². The van der Waals surface area contributed by atoms with E-state index in [-0.39, 0.29) is 30.6 Å². The quantitative estimate of drug-likeness (QED) is 0.0735. The molecule has 0 saturated heterocycles. The molecule has 0 bridgehead atoms. The summed E-state index contributed by atoms with van der Waals surface area (Å²) in [5, 5.41) is 5.67. The van der Waals surface area contributed by atoms with Crippen molar-refractivity contribution in [2.45, 2.75) is 58.9 Å². The third-order valence-electron chi connectivity index (χ3n) is 8.04. The van der Waals surface area contributed by atoms with Crippen LogP contribution in [0.25, 0.3) is 0 Å². The molecule has 0 aliphatic carbocycles. The highest BCUT2D eigenvalue weighted by Crippen LogP contribution is 2.09. The zero-order valence-corrected chi connectivity index (χ0v) is 36.1. The molecule has 2 atom stereocenters. The van der Waals surface area contributed by atoms with Gasteiger partial charge in [-0.25, -0.2) is 0 Å². The number of ketones is 1. The first-order valence-electron chi connectivity index (χ1n) is 20.9. The van der Waals surface area contributed by atoms with Gasteiger partial charge in [-0.05, 0) is 31.6 Å². The summed E-state index contributed by atoms with van der Waals surface area (Å²) in [5.74, 6) is -0.346. The van der Waals surface area contributed by atoms with Crippen LogP contribution >= 0.6 is 0 Å². The number of rotatable bonds is 47. The van der Waals surface area contributed by atoms with Crippen LogP contribution in [0.15, 0.2) is 0 Å². The number of ether oxygens (including phenoxy) is 12. The number of amides is 2. The van der Waals surface area contributed by atoms with E-state index in [1.165, 1.54) is 0 Å². The summed E-state index contributed by atoms with van der Waals surface area (Å²) >= 11 is 0. The standard InChI is InChI=1S/C40H79N3O15/c1-35(2)8-10-43-40(46)36(3)33-38(44)37(41)7-5-6-9-42-39(45)34-58-32-31-57-30-29-56-28-27-55-26-25-54-24-23-53-22-21-52-20-19-51-18-17-50-16-15-49-14-13-48-12-11-47-4/h35-37H,5-34,41H2,1-4H3,(H,42,45)(H,43,46). The second-order valence-corrected chi connectivity index (χ2v) is 13.7. The summed E-state index contributed by atoms with van der Waals surface area (Å²) in [6.45, 7) is 17.5. The Balaban J connectivity index is 3.31. The lowest BCUT2D eigenvalue weighted by molar-refractivity contribution is -0.129. The topological polar surface area (TPSA) is 212 Å². The van der Waals surface area contributed by atoms with Gasteiger partial charge in [0.25, 0.3) is 0 Å². The van der Waals surface area contributed by atoms with E-state index < -0.39 is 12.0 Å². The van der Waals surface area contributed by atoms with E-state index >= 15 is 0 Å². The van der Waals surface area contributed by atoms with Crippen molar-refractivity contribution in [3.05, 3.63) is 0 Å². The minimum Gasteiger partial charge on any atom is -0.382 e. The number of Topliss-reactive ketones (excluding diaryl/α,β-unsaturated/α-hetero) is 1. The second kappa shape index (κ2) is 44.6. The van der Waals surface area contributed by atoms with Crippen molar-refractivity contribution < 1.29 is 71.2 Å². The molecule has 0 radical (unpaired) electrons. The van der Waals surface area contributed by atoms with Crippen LogP contribution in [-0.2, 0) is 71.2 Å². The number of methoxy groups -OCH3 is 1. The highest BCUT2D eigenvalue weighted by molar-refractivity contribution is 5.89. The Morgan fingerprint density at radius 3 is 1.19 bits per heavy atom. The van der Waals surface area contributed by atoms with Gasteiger partial charge in [0.15, 0.2) is 0 Å². The number of nitrogens with two attached hydrogens (primary N) is 1. The Morgan fingerprint density at radius 2 is 0.828 bits per heavy atom. The molecule has 0 aliphatic heterocycles. The predicted octanol–water partition coefficient (Wildman–Crippen LogP) is 1.19. The summed E-state index contributed by atoms with van der Waals surface area (Å²) in [4.78, 5) is 36.5. The molecule has 18 heteroatoms. The first kappa shape index (κ1) is 56.1. The van der Waals surface area contributed by atoms with Crippen LogP contribution in [0.5, 0.6) is 0 Å². The van der Waals surface area contributed by atoms with Gasteiger partial charge >= 0.3 is 0 Å². The van der Waals surface area contributed by atoms with Crippen molar-refractivity contribution in [2.75, 3.05) is 172 Å². The normalized spacial score (nSPS) is 12.6. The predicted molar refractivity (Wildman–Crippen MR) is 217 cm³/mol. The van der Waals surface area contributed by atoms with Gasteiger partial charge in [-0.1, -0.05) is 20.8 Å². The fraction of sp³-hybridized carbons (Fsp3) is 0.925. The number of carbonyl (C=O) groups is 3. The van der Waals surface area contributed by atoms with Gasteiger partial charge in [0, 0.05) is 32.5 Å². The van der Waals surface area contributed by atoms with Crippen LogP contribution in [0, 0.1) is 11.8 Å². The third-order valence-corrected chi connectivity index (χ3v) is 8.04. The molecule has 2 unspecified atom stereocenters. The molecule has 344 valence electrons. The van der Waals surface area contributed by atoms with Crippen molar-refractivity contribution in [1.82, 2.24) is 10.6 Å². The lowest BCUT2D eigenvalue weighted by Crippen LogP contribution is -2.36. The van der Waals surface area contributed by atoms with Gasteiger partial charge in [0.1, 0.15) is 12.4 Å². The van der Waals surface area contributed by atoms with Crippen LogP contribution in [-0.4, -0.2) is 196 Å². The van der Waals surface area contributed by atoms with Crippen LogP contribution in [0.2, 0.25) is 0 Å². The Hall–Kier alpha value is -1.91. The summed E-state index contributed by atoms with van der Waals surface area (Å²) in [6.07, 6.45) is 2.92. The van der Waals surface area contributed by atoms with E-state index in [0.717, 1.165) is 6.42 Å². The molecule has 58 heavy (non-hydrogen) atoms. The van der Waals surface area contributed by atoms with Gasteiger partial charge in [0.2, 0.25) is 11.8 Å². The minimum atomic E-state index is -0.610. The smallest absolute Gasteiger partial charge is 0.245 e. The Morgan fingerprint density at radius 1 is 0.466 bits per heavy atom. The number of carbonyl (C=O) groups excluding carboxylic acids is 3. The maximum Gasteiger partial charge on any atom is 0.245 e. The Labute approximate surface area is 347 Å². The lowest BCUT2D eigenvalue weighted by Gasteiger charge is -2.15. The molecule has 0 heterocycles. The highest BCUT2D eigenvalue weighted by atomic mass is 16.6. The SMILES string of the molecule is COCCOCCOCCOCCOCCOCCOCCOCCOCCOCCOCCOCC(=O)NCCCCC(N)C(=O)CC(C)C(=O)NCCC(C)C. The fourth-order valence-electron chi connectivity index (χ4n) is 4.64.